The van der Waals surface area contributed by atoms with E-state index in [0.29, 0.717) is 12.8 Å². The molecule has 0 aromatic heterocycles. The second-order valence-electron chi connectivity index (χ2n) is 25.0. The number of nitrogens with one attached hydrogen (secondary N) is 1. The number of rotatable bonds is 53. The lowest BCUT2D eigenvalue weighted by molar-refractivity contribution is -0.379. The first-order chi connectivity index (χ1) is 45.3. The van der Waals surface area contributed by atoms with Crippen LogP contribution in [0, 0.1) is 0 Å². The van der Waals surface area contributed by atoms with Crippen molar-refractivity contribution >= 4 is 5.91 Å². The van der Waals surface area contributed by atoms with Crippen LogP contribution in [0.15, 0.2) is 109 Å². The molecule has 17 atom stereocenters. The number of unbranched alkanes of at least 4 members (excludes halogenated alkanes) is 19. The van der Waals surface area contributed by atoms with Gasteiger partial charge in [-0.3, -0.25) is 4.79 Å². The number of ether oxygens (including phenoxy) is 6. The molecule has 0 spiro atoms. The molecule has 3 heterocycles. The average Bonchev–Trinajstić information content (AvgIpc) is 0.842. The minimum Gasteiger partial charge on any atom is -0.394 e. The number of allylic oxidation sites excluding steroid dienone is 18. The van der Waals surface area contributed by atoms with Crippen molar-refractivity contribution in [1.29, 1.82) is 0 Å². The average molecular weight is 1320 g/mol. The first-order valence-corrected chi connectivity index (χ1v) is 35.6. The SMILES string of the molecule is CC/C=C\C/C=C\C/C=C\C/C=C\C/C=C\C/C=C\C/C=C\C/C=C\C/C=C\CCCCCCCCCC(=O)NC(COC1OC(CO)C(OC2OC(CO)C(OC3OC(CO)C(O)C(O)C3O)C(O)C2O)C(O)C1O)C(O)CCCCCCCCCCCCCCC. The van der Waals surface area contributed by atoms with Gasteiger partial charge in [0.15, 0.2) is 18.9 Å². The Kier molecular flexibility index (Phi) is 49.0. The van der Waals surface area contributed by atoms with Crippen molar-refractivity contribution in [1.82, 2.24) is 5.32 Å². The summed E-state index contributed by atoms with van der Waals surface area (Å²) in [5, 5.41) is 121. The van der Waals surface area contributed by atoms with Crippen molar-refractivity contribution in [3.05, 3.63) is 109 Å². The quantitative estimate of drug-likeness (QED) is 0.0199. The van der Waals surface area contributed by atoms with Gasteiger partial charge in [0.2, 0.25) is 5.91 Å². The summed E-state index contributed by atoms with van der Waals surface area (Å²) in [6.45, 7) is 1.65. The van der Waals surface area contributed by atoms with Crippen LogP contribution in [0.2, 0.25) is 0 Å². The van der Waals surface area contributed by atoms with Gasteiger partial charge in [0.05, 0.1) is 38.6 Å². The highest BCUT2D eigenvalue weighted by Gasteiger charge is 2.53. The molecule has 19 heteroatoms. The van der Waals surface area contributed by atoms with Crippen molar-refractivity contribution in [3.63, 3.8) is 0 Å². The highest BCUT2D eigenvalue weighted by molar-refractivity contribution is 5.76. The number of carbonyl (C=O) groups is 1. The molecule has 17 unspecified atom stereocenters. The zero-order chi connectivity index (χ0) is 67.5. The molecule has 3 rings (SSSR count). The van der Waals surface area contributed by atoms with Gasteiger partial charge in [0.1, 0.15) is 73.2 Å². The molecular formula is C74H125NO18. The predicted molar refractivity (Wildman–Crippen MR) is 364 cm³/mol. The Morgan fingerprint density at radius 3 is 1.16 bits per heavy atom. The minimum atomic E-state index is -1.98. The first kappa shape index (κ1) is 83.7. The molecule has 93 heavy (non-hydrogen) atoms. The maximum Gasteiger partial charge on any atom is 0.220 e. The molecule has 12 N–H and O–H groups in total. The second-order valence-corrected chi connectivity index (χ2v) is 25.0. The zero-order valence-corrected chi connectivity index (χ0v) is 56.4. The molecule has 0 aliphatic carbocycles. The van der Waals surface area contributed by atoms with E-state index in [9.17, 15) is 61.0 Å². The zero-order valence-electron chi connectivity index (χ0n) is 56.4. The Labute approximate surface area is 557 Å². The van der Waals surface area contributed by atoms with Crippen LogP contribution in [-0.4, -0.2) is 193 Å². The Hall–Kier alpha value is -3.55. The smallest absolute Gasteiger partial charge is 0.220 e. The van der Waals surface area contributed by atoms with Gasteiger partial charge in [0, 0.05) is 6.42 Å². The van der Waals surface area contributed by atoms with Crippen molar-refractivity contribution in [2.75, 3.05) is 26.4 Å². The molecule has 0 aromatic carbocycles. The van der Waals surface area contributed by atoms with E-state index in [-0.39, 0.29) is 18.9 Å². The van der Waals surface area contributed by atoms with Crippen LogP contribution in [0.4, 0.5) is 0 Å². The maximum absolute atomic E-state index is 13.4. The number of hydrogen-bond donors (Lipinski definition) is 12. The molecule has 0 bridgehead atoms. The molecule has 3 saturated heterocycles. The number of hydrogen-bond acceptors (Lipinski definition) is 18. The standard InChI is InChI=1S/C74H125NO18/c1-3-5-7-9-11-13-15-17-18-19-20-21-22-23-24-25-26-27-28-29-30-31-32-33-34-35-36-37-38-40-42-44-46-48-50-52-62(80)75-57(58(79)51-49-47-45-43-41-39-16-14-12-10-8-6-4-2)56-88-72-68(86)65(83)70(60(54-77)90-72)93-74-69(87)66(84)71(61(55-78)91-74)92-73-67(85)64(82)63(81)59(53-76)89-73/h5,7,11,13,17-18,20-21,23-24,26-27,29-30,32-33,35-36,57-61,63-74,76-79,81-87H,3-4,6,8-10,12,14-16,19,22,25,28,31,34,37-56H2,1-2H3,(H,75,80)/b7-5-,13-11-,18-17-,21-20-,24-23-,27-26-,30-29-,33-32-,36-35-. The van der Waals surface area contributed by atoms with Gasteiger partial charge >= 0.3 is 0 Å². The van der Waals surface area contributed by atoms with E-state index in [0.717, 1.165) is 128 Å². The third-order valence-electron chi connectivity index (χ3n) is 17.1. The van der Waals surface area contributed by atoms with Gasteiger partial charge in [-0.15, -0.1) is 0 Å². The van der Waals surface area contributed by atoms with Crippen LogP contribution in [-0.2, 0) is 33.2 Å². The molecule has 3 aliphatic rings. The molecule has 534 valence electrons. The summed E-state index contributed by atoms with van der Waals surface area (Å²) >= 11 is 0. The maximum atomic E-state index is 13.4. The molecule has 0 saturated carbocycles. The Morgan fingerprint density at radius 1 is 0.398 bits per heavy atom. The fourth-order valence-electron chi connectivity index (χ4n) is 11.4. The summed E-state index contributed by atoms with van der Waals surface area (Å²) in [6.07, 6.45) is 46.0. The van der Waals surface area contributed by atoms with Crippen LogP contribution < -0.4 is 5.32 Å². The van der Waals surface area contributed by atoms with E-state index in [1.54, 1.807) is 0 Å². The van der Waals surface area contributed by atoms with Crippen molar-refractivity contribution in [2.45, 2.75) is 324 Å². The third kappa shape index (κ3) is 36.0. The summed E-state index contributed by atoms with van der Waals surface area (Å²) < 4.78 is 34.4. The summed E-state index contributed by atoms with van der Waals surface area (Å²) in [6, 6.07) is -0.900. The van der Waals surface area contributed by atoms with Crippen LogP contribution in [0.25, 0.3) is 0 Å². The molecular weight excluding hydrogens is 1190 g/mol. The Morgan fingerprint density at radius 2 is 0.742 bits per heavy atom. The van der Waals surface area contributed by atoms with Crippen molar-refractivity contribution < 1.29 is 89.4 Å². The van der Waals surface area contributed by atoms with Crippen LogP contribution >= 0.6 is 0 Å². The van der Waals surface area contributed by atoms with E-state index >= 15 is 0 Å². The molecule has 0 radical (unpaired) electrons. The molecule has 19 nitrogen and oxygen atoms in total. The lowest BCUT2D eigenvalue weighted by Gasteiger charge is -2.48. The molecule has 0 aromatic rings. The van der Waals surface area contributed by atoms with E-state index in [1.165, 1.54) is 57.8 Å². The Bertz CT molecular complexity index is 2110. The van der Waals surface area contributed by atoms with Crippen LogP contribution in [0.3, 0.4) is 0 Å². The van der Waals surface area contributed by atoms with E-state index in [1.807, 2.05) is 0 Å². The number of aliphatic hydroxyl groups is 11. The molecule has 1 amide bonds. The van der Waals surface area contributed by atoms with E-state index in [4.69, 9.17) is 28.4 Å². The largest absolute Gasteiger partial charge is 0.394 e. The van der Waals surface area contributed by atoms with Crippen molar-refractivity contribution in [3.8, 4) is 0 Å². The van der Waals surface area contributed by atoms with E-state index < -0.39 is 124 Å². The topological polar surface area (TPSA) is 307 Å². The van der Waals surface area contributed by atoms with Gasteiger partial charge in [-0.25, -0.2) is 0 Å². The van der Waals surface area contributed by atoms with Gasteiger partial charge in [-0.1, -0.05) is 239 Å². The fraction of sp³-hybridized carbons (Fsp3) is 0.743. The summed E-state index contributed by atoms with van der Waals surface area (Å²) in [4.78, 5) is 13.4. The first-order valence-electron chi connectivity index (χ1n) is 35.6. The molecule has 3 fully saturated rings. The predicted octanol–water partition coefficient (Wildman–Crippen LogP) is 9.83. The summed E-state index contributed by atoms with van der Waals surface area (Å²) in [7, 11) is 0. The Balaban J connectivity index is 1.37. The van der Waals surface area contributed by atoms with Gasteiger partial charge < -0.3 is 89.9 Å². The van der Waals surface area contributed by atoms with Crippen molar-refractivity contribution in [2.24, 2.45) is 0 Å². The second kappa shape index (κ2) is 54.5. The number of amides is 1. The van der Waals surface area contributed by atoms with Gasteiger partial charge in [-0.2, -0.15) is 0 Å². The fourth-order valence-corrected chi connectivity index (χ4v) is 11.4. The molecule has 3 aliphatic heterocycles. The van der Waals surface area contributed by atoms with Gasteiger partial charge in [-0.05, 0) is 83.5 Å². The van der Waals surface area contributed by atoms with Crippen LogP contribution in [0.5, 0.6) is 0 Å². The lowest BCUT2D eigenvalue weighted by atomic mass is 9.96. The minimum absolute atomic E-state index is 0.246. The third-order valence-corrected chi connectivity index (χ3v) is 17.1. The summed E-state index contributed by atoms with van der Waals surface area (Å²) in [5.74, 6) is -0.259. The van der Waals surface area contributed by atoms with Gasteiger partial charge in [0.25, 0.3) is 0 Å². The normalized spacial score (nSPS) is 28.2. The lowest BCUT2D eigenvalue weighted by Crippen LogP contribution is -2.66. The van der Waals surface area contributed by atoms with Crippen LogP contribution in [0.1, 0.15) is 219 Å². The monoisotopic (exact) mass is 1320 g/mol. The number of carbonyl (C=O) groups excluding carboxylic acids is 1. The highest BCUT2D eigenvalue weighted by atomic mass is 16.8. The van der Waals surface area contributed by atoms with E-state index in [2.05, 4.69) is 129 Å². The highest BCUT2D eigenvalue weighted by Crippen LogP contribution is 2.33. The summed E-state index contributed by atoms with van der Waals surface area (Å²) in [5.41, 5.74) is 0. The number of aliphatic hydroxyl groups excluding tert-OH is 11.